The lowest BCUT2D eigenvalue weighted by Gasteiger charge is -2.31. The molecule has 0 unspecified atom stereocenters. The number of nitrogens with one attached hydrogen (secondary N) is 1. The number of piperidine rings is 1. The van der Waals surface area contributed by atoms with Gasteiger partial charge in [-0.2, -0.15) is 0 Å². The monoisotopic (exact) mass is 427 g/mol. The first-order valence-corrected chi connectivity index (χ1v) is 10.0. The molecular formula is C21H22FN5O4. The SMILES string of the molecule is Cc1nonc1C(=O)NCC(=O)N1CCC[C@@H](c2ncc(Cc3ccc(F)cc3)o2)C1. The van der Waals surface area contributed by atoms with Crippen LogP contribution in [0, 0.1) is 12.7 Å². The fourth-order valence-electron chi connectivity index (χ4n) is 3.59. The van der Waals surface area contributed by atoms with Gasteiger partial charge in [0.1, 0.15) is 17.3 Å². The van der Waals surface area contributed by atoms with Crippen LogP contribution in [-0.2, 0) is 11.2 Å². The minimum Gasteiger partial charge on any atom is -0.445 e. The van der Waals surface area contributed by atoms with Crippen molar-refractivity contribution >= 4 is 11.8 Å². The van der Waals surface area contributed by atoms with Gasteiger partial charge >= 0.3 is 0 Å². The summed E-state index contributed by atoms with van der Waals surface area (Å²) in [6.07, 6.45) is 3.86. The molecule has 2 aromatic heterocycles. The van der Waals surface area contributed by atoms with Crippen LogP contribution in [0.2, 0.25) is 0 Å². The molecule has 1 aliphatic rings. The standard InChI is InChI=1S/C21H22FN5O4/c1-13-19(26-31-25-13)20(29)23-11-18(28)27-8-2-3-15(12-27)21-24-10-17(30-21)9-14-4-6-16(22)7-5-14/h4-7,10,15H,2-3,8-9,11-12H2,1H3,(H,23,29)/t15-/m1/s1. The molecule has 10 heteroatoms. The molecule has 1 atom stereocenters. The van der Waals surface area contributed by atoms with E-state index in [2.05, 4.69) is 25.2 Å². The molecule has 4 rings (SSSR count). The van der Waals surface area contributed by atoms with E-state index in [4.69, 9.17) is 4.42 Å². The van der Waals surface area contributed by atoms with Gasteiger partial charge in [-0.25, -0.2) is 14.0 Å². The van der Waals surface area contributed by atoms with Crippen LogP contribution in [0.15, 0.2) is 39.5 Å². The van der Waals surface area contributed by atoms with E-state index in [-0.39, 0.29) is 29.9 Å². The summed E-state index contributed by atoms with van der Waals surface area (Å²) >= 11 is 0. The molecule has 0 aliphatic carbocycles. The van der Waals surface area contributed by atoms with Crippen molar-refractivity contribution in [1.29, 1.82) is 0 Å². The molecule has 1 aromatic carbocycles. The molecule has 3 heterocycles. The first kappa shape index (κ1) is 20.7. The molecule has 1 saturated heterocycles. The Hall–Kier alpha value is -3.56. The van der Waals surface area contributed by atoms with Gasteiger partial charge in [0, 0.05) is 19.5 Å². The number of nitrogens with zero attached hydrogens (tertiary/aromatic N) is 4. The predicted octanol–water partition coefficient (Wildman–Crippen LogP) is 2.23. The quantitative estimate of drug-likeness (QED) is 0.642. The van der Waals surface area contributed by atoms with Gasteiger partial charge in [-0.3, -0.25) is 9.59 Å². The largest absolute Gasteiger partial charge is 0.445 e. The third-order valence-electron chi connectivity index (χ3n) is 5.25. The van der Waals surface area contributed by atoms with Crippen molar-refractivity contribution in [3.05, 3.63) is 64.9 Å². The maximum Gasteiger partial charge on any atom is 0.275 e. The van der Waals surface area contributed by atoms with E-state index in [0.29, 0.717) is 36.9 Å². The molecule has 0 radical (unpaired) electrons. The molecule has 1 N–H and O–H groups in total. The van der Waals surface area contributed by atoms with Crippen molar-refractivity contribution in [2.24, 2.45) is 0 Å². The van der Waals surface area contributed by atoms with E-state index in [9.17, 15) is 14.0 Å². The van der Waals surface area contributed by atoms with Crippen LogP contribution in [0.1, 0.15) is 52.2 Å². The van der Waals surface area contributed by atoms with Gasteiger partial charge in [0.05, 0.1) is 18.7 Å². The lowest BCUT2D eigenvalue weighted by atomic mass is 9.98. The Labute approximate surface area is 177 Å². The predicted molar refractivity (Wildman–Crippen MR) is 106 cm³/mol. The van der Waals surface area contributed by atoms with Gasteiger partial charge in [-0.1, -0.05) is 17.3 Å². The molecule has 9 nitrogen and oxygen atoms in total. The van der Waals surface area contributed by atoms with Gasteiger partial charge < -0.3 is 14.6 Å². The Bertz CT molecular complexity index is 1060. The number of hydrogen-bond donors (Lipinski definition) is 1. The minimum absolute atomic E-state index is 0.0163. The summed E-state index contributed by atoms with van der Waals surface area (Å²) in [4.78, 5) is 30.8. The molecule has 1 fully saturated rings. The van der Waals surface area contributed by atoms with Crippen LogP contribution < -0.4 is 5.32 Å². The van der Waals surface area contributed by atoms with Crippen LogP contribution in [0.4, 0.5) is 4.39 Å². The number of benzene rings is 1. The first-order chi connectivity index (χ1) is 15.0. The maximum atomic E-state index is 13.1. The number of carbonyl (C=O) groups is 2. The van der Waals surface area contributed by atoms with Crippen LogP contribution in [0.5, 0.6) is 0 Å². The van der Waals surface area contributed by atoms with Crippen LogP contribution in [-0.4, -0.2) is 51.6 Å². The Morgan fingerprint density at radius 1 is 1.26 bits per heavy atom. The third kappa shape index (κ3) is 4.96. The Balaban J connectivity index is 1.32. The molecule has 3 aromatic rings. The fraction of sp³-hybridized carbons (Fsp3) is 0.381. The number of aryl methyl sites for hydroxylation is 1. The normalized spacial score (nSPS) is 16.3. The number of amides is 2. The van der Waals surface area contributed by atoms with Crippen molar-refractivity contribution in [2.75, 3.05) is 19.6 Å². The van der Waals surface area contributed by atoms with E-state index in [1.807, 2.05) is 0 Å². The maximum absolute atomic E-state index is 13.1. The molecule has 1 aliphatic heterocycles. The lowest BCUT2D eigenvalue weighted by Crippen LogP contribution is -2.44. The Morgan fingerprint density at radius 2 is 2.06 bits per heavy atom. The van der Waals surface area contributed by atoms with Crippen LogP contribution in [0.3, 0.4) is 0 Å². The van der Waals surface area contributed by atoms with Gasteiger partial charge in [0.15, 0.2) is 11.6 Å². The highest BCUT2D eigenvalue weighted by atomic mass is 19.1. The summed E-state index contributed by atoms with van der Waals surface area (Å²) in [6.45, 7) is 2.54. The molecule has 31 heavy (non-hydrogen) atoms. The average molecular weight is 427 g/mol. The highest BCUT2D eigenvalue weighted by molar-refractivity contribution is 5.95. The minimum atomic E-state index is -0.501. The van der Waals surface area contributed by atoms with E-state index in [0.717, 1.165) is 18.4 Å². The van der Waals surface area contributed by atoms with E-state index in [1.165, 1.54) is 12.1 Å². The van der Waals surface area contributed by atoms with Crippen molar-refractivity contribution < 1.29 is 23.0 Å². The molecule has 0 spiro atoms. The molecule has 0 bridgehead atoms. The highest BCUT2D eigenvalue weighted by Gasteiger charge is 2.28. The van der Waals surface area contributed by atoms with E-state index >= 15 is 0 Å². The van der Waals surface area contributed by atoms with Crippen molar-refractivity contribution in [3.8, 4) is 0 Å². The Morgan fingerprint density at radius 3 is 2.81 bits per heavy atom. The second-order valence-electron chi connectivity index (χ2n) is 7.53. The first-order valence-electron chi connectivity index (χ1n) is 10.0. The summed E-state index contributed by atoms with van der Waals surface area (Å²) in [5, 5.41) is 9.64. The molecule has 0 saturated carbocycles. The van der Waals surface area contributed by atoms with Gasteiger partial charge in [0.2, 0.25) is 5.91 Å². The second kappa shape index (κ2) is 9.07. The molecule has 162 valence electrons. The number of hydrogen-bond acceptors (Lipinski definition) is 7. The summed E-state index contributed by atoms with van der Waals surface area (Å²) in [5.41, 5.74) is 1.36. The zero-order valence-corrected chi connectivity index (χ0v) is 17.0. The topological polar surface area (TPSA) is 114 Å². The number of halogens is 1. The smallest absolute Gasteiger partial charge is 0.275 e. The number of likely N-dealkylation sites (tertiary alicyclic amines) is 1. The van der Waals surface area contributed by atoms with Crippen molar-refractivity contribution in [1.82, 2.24) is 25.5 Å². The summed E-state index contributed by atoms with van der Waals surface area (Å²) < 4.78 is 23.5. The van der Waals surface area contributed by atoms with Crippen molar-refractivity contribution in [3.63, 3.8) is 0 Å². The average Bonchev–Trinajstić information content (AvgIpc) is 3.42. The zero-order chi connectivity index (χ0) is 21.8. The fourth-order valence-corrected chi connectivity index (χ4v) is 3.59. The molecule has 2 amide bonds. The van der Waals surface area contributed by atoms with E-state index < -0.39 is 5.91 Å². The van der Waals surface area contributed by atoms with Crippen molar-refractivity contribution in [2.45, 2.75) is 32.1 Å². The second-order valence-corrected chi connectivity index (χ2v) is 7.53. The highest BCUT2D eigenvalue weighted by Crippen LogP contribution is 2.27. The van der Waals surface area contributed by atoms with Gasteiger partial charge in [-0.05, 0) is 42.6 Å². The summed E-state index contributed by atoms with van der Waals surface area (Å²) in [7, 11) is 0. The third-order valence-corrected chi connectivity index (χ3v) is 5.25. The number of rotatable bonds is 6. The number of aromatic nitrogens is 3. The zero-order valence-electron chi connectivity index (χ0n) is 17.0. The van der Waals surface area contributed by atoms with Gasteiger partial charge in [-0.15, -0.1) is 0 Å². The van der Waals surface area contributed by atoms with Gasteiger partial charge in [0.25, 0.3) is 5.91 Å². The molecular weight excluding hydrogens is 405 g/mol. The van der Waals surface area contributed by atoms with Crippen LogP contribution in [0.25, 0.3) is 0 Å². The summed E-state index contributed by atoms with van der Waals surface area (Å²) in [6, 6.07) is 6.25. The number of carbonyl (C=O) groups excluding carboxylic acids is 2. The Kier molecular flexibility index (Phi) is 6.06. The van der Waals surface area contributed by atoms with Crippen LogP contribution >= 0.6 is 0 Å². The van der Waals surface area contributed by atoms with E-state index in [1.54, 1.807) is 30.2 Å². The summed E-state index contributed by atoms with van der Waals surface area (Å²) in [5.74, 6) is 0.288. The number of oxazole rings is 1. The lowest BCUT2D eigenvalue weighted by molar-refractivity contribution is -0.131.